The van der Waals surface area contributed by atoms with Crippen LogP contribution in [0.3, 0.4) is 0 Å². The molecule has 0 bridgehead atoms. The van der Waals surface area contributed by atoms with Crippen LogP contribution in [0.2, 0.25) is 0 Å². The second-order valence-corrected chi connectivity index (χ2v) is 7.02. The van der Waals surface area contributed by atoms with Gasteiger partial charge in [0, 0.05) is 29.7 Å². The van der Waals surface area contributed by atoms with E-state index >= 15 is 0 Å². The molecule has 162 valence electrons. The fourth-order valence-electron chi connectivity index (χ4n) is 3.05. The Morgan fingerprint density at radius 3 is 2.20 bits per heavy atom. The van der Waals surface area contributed by atoms with Gasteiger partial charge in [0.15, 0.2) is 23.7 Å². The first-order valence-electron chi connectivity index (χ1n) is 9.51. The van der Waals surface area contributed by atoms with Crippen molar-refractivity contribution >= 4 is 6.08 Å². The van der Waals surface area contributed by atoms with Crippen LogP contribution in [0.15, 0.2) is 42.5 Å². The van der Waals surface area contributed by atoms with E-state index in [1.54, 1.807) is 24.3 Å². The van der Waals surface area contributed by atoms with Gasteiger partial charge in [-0.3, -0.25) is 0 Å². The fourth-order valence-corrected chi connectivity index (χ4v) is 3.05. The van der Waals surface area contributed by atoms with Crippen molar-refractivity contribution in [3.63, 3.8) is 0 Å². The highest BCUT2D eigenvalue weighted by molar-refractivity contribution is 5.50. The van der Waals surface area contributed by atoms with Gasteiger partial charge in [-0.25, -0.2) is 13.2 Å². The summed E-state index contributed by atoms with van der Waals surface area (Å²) in [6.45, 7) is 3.31. The maximum Gasteiger partial charge on any atom is 0.419 e. The fraction of sp³-hybridized carbons (Fsp3) is 0.364. The molecule has 1 saturated heterocycles. The standard InChI is InChI=1S/C22H21F5O3/c1-2-3-15-12-28-21(29-13-15)16-6-4-14(5-7-16)8-9-22(26,27)30-17-10-18(23)20(25)19(24)11-17/h4-11,15,21H,2-3,12-13H2,1H3. The van der Waals surface area contributed by atoms with Crippen molar-refractivity contribution in [2.75, 3.05) is 13.2 Å². The zero-order valence-corrected chi connectivity index (χ0v) is 16.2. The zero-order chi connectivity index (χ0) is 21.7. The molecule has 1 aliphatic heterocycles. The molecule has 8 heteroatoms. The molecule has 0 saturated carbocycles. The summed E-state index contributed by atoms with van der Waals surface area (Å²) in [5.74, 6) is -5.45. The Hall–Kier alpha value is -2.45. The Bertz CT molecular complexity index is 852. The third-order valence-electron chi connectivity index (χ3n) is 4.55. The Morgan fingerprint density at radius 2 is 1.63 bits per heavy atom. The zero-order valence-electron chi connectivity index (χ0n) is 16.2. The summed E-state index contributed by atoms with van der Waals surface area (Å²) in [5.41, 5.74) is 1.21. The van der Waals surface area contributed by atoms with E-state index in [-0.39, 0.29) is 0 Å². The lowest BCUT2D eigenvalue weighted by molar-refractivity contribution is -0.206. The van der Waals surface area contributed by atoms with Crippen molar-refractivity contribution in [1.82, 2.24) is 0 Å². The predicted octanol–water partition coefficient (Wildman–Crippen LogP) is 6.25. The minimum Gasteiger partial charge on any atom is -0.429 e. The molecular formula is C22H21F5O3. The molecule has 1 heterocycles. The normalized spacial score (nSPS) is 19.9. The van der Waals surface area contributed by atoms with E-state index < -0.39 is 35.6 Å². The summed E-state index contributed by atoms with van der Waals surface area (Å²) >= 11 is 0. The Labute approximate surface area is 171 Å². The maximum atomic E-state index is 13.9. The first-order valence-corrected chi connectivity index (χ1v) is 9.51. The summed E-state index contributed by atoms with van der Waals surface area (Å²) in [7, 11) is 0. The van der Waals surface area contributed by atoms with Crippen LogP contribution in [0.1, 0.15) is 37.2 Å². The predicted molar refractivity (Wildman–Crippen MR) is 100 cm³/mol. The van der Waals surface area contributed by atoms with Gasteiger partial charge in [0.25, 0.3) is 0 Å². The van der Waals surface area contributed by atoms with Gasteiger partial charge in [-0.15, -0.1) is 0 Å². The first-order chi connectivity index (χ1) is 14.3. The summed E-state index contributed by atoms with van der Waals surface area (Å²) in [4.78, 5) is 0. The third kappa shape index (κ3) is 5.79. The quantitative estimate of drug-likeness (QED) is 0.385. The molecule has 0 unspecified atom stereocenters. The van der Waals surface area contributed by atoms with Gasteiger partial charge in [0.1, 0.15) is 5.75 Å². The van der Waals surface area contributed by atoms with Crippen LogP contribution >= 0.6 is 0 Å². The number of halogens is 5. The average molecular weight is 428 g/mol. The molecule has 0 aliphatic carbocycles. The second kappa shape index (κ2) is 9.57. The van der Waals surface area contributed by atoms with Gasteiger partial charge in [0.2, 0.25) is 0 Å². The Balaban J connectivity index is 1.60. The minimum absolute atomic E-state index is 0.351. The van der Waals surface area contributed by atoms with Gasteiger partial charge in [0.05, 0.1) is 13.2 Å². The van der Waals surface area contributed by atoms with E-state index in [1.165, 1.54) is 0 Å². The summed E-state index contributed by atoms with van der Waals surface area (Å²) < 4.78 is 82.8. The highest BCUT2D eigenvalue weighted by Gasteiger charge is 2.29. The molecule has 0 atom stereocenters. The molecule has 1 aliphatic rings. The monoisotopic (exact) mass is 428 g/mol. The number of rotatable bonds is 7. The number of ether oxygens (including phenoxy) is 3. The van der Waals surface area contributed by atoms with E-state index in [4.69, 9.17) is 9.47 Å². The van der Waals surface area contributed by atoms with Crippen molar-refractivity contribution in [3.8, 4) is 5.75 Å². The lowest BCUT2D eigenvalue weighted by atomic mass is 10.0. The molecule has 0 amide bonds. The van der Waals surface area contributed by atoms with Crippen molar-refractivity contribution in [3.05, 3.63) is 71.1 Å². The van der Waals surface area contributed by atoms with Crippen molar-refractivity contribution in [2.24, 2.45) is 5.92 Å². The van der Waals surface area contributed by atoms with Crippen LogP contribution in [-0.4, -0.2) is 19.3 Å². The molecule has 2 aromatic rings. The molecule has 0 radical (unpaired) electrons. The van der Waals surface area contributed by atoms with Crippen LogP contribution < -0.4 is 4.74 Å². The minimum atomic E-state index is -3.86. The maximum absolute atomic E-state index is 13.9. The van der Waals surface area contributed by atoms with Crippen molar-refractivity contribution < 1.29 is 36.2 Å². The lowest BCUT2D eigenvalue weighted by Gasteiger charge is -2.29. The van der Waals surface area contributed by atoms with Gasteiger partial charge >= 0.3 is 6.11 Å². The summed E-state index contributed by atoms with van der Waals surface area (Å²) in [5, 5.41) is 0. The number of benzene rings is 2. The molecular weight excluding hydrogens is 407 g/mol. The molecule has 3 nitrogen and oxygen atoms in total. The van der Waals surface area contributed by atoms with E-state index in [2.05, 4.69) is 11.7 Å². The van der Waals surface area contributed by atoms with Crippen LogP contribution in [-0.2, 0) is 9.47 Å². The van der Waals surface area contributed by atoms with Gasteiger partial charge < -0.3 is 14.2 Å². The van der Waals surface area contributed by atoms with Crippen LogP contribution in [0, 0.1) is 23.4 Å². The largest absolute Gasteiger partial charge is 0.429 e. The van der Waals surface area contributed by atoms with Gasteiger partial charge in [-0.05, 0) is 18.1 Å². The summed E-state index contributed by atoms with van der Waals surface area (Å²) in [6.07, 6.45) is -0.737. The molecule has 1 fully saturated rings. The smallest absolute Gasteiger partial charge is 0.419 e. The average Bonchev–Trinajstić information content (AvgIpc) is 2.71. The van der Waals surface area contributed by atoms with Crippen molar-refractivity contribution in [1.29, 1.82) is 0 Å². The van der Waals surface area contributed by atoms with Crippen LogP contribution in [0.25, 0.3) is 6.08 Å². The number of alkyl halides is 2. The molecule has 0 aromatic heterocycles. The Kier molecular flexibility index (Phi) is 7.10. The van der Waals surface area contributed by atoms with Gasteiger partial charge in [-0.1, -0.05) is 37.6 Å². The lowest BCUT2D eigenvalue weighted by Crippen LogP contribution is -2.26. The SMILES string of the molecule is CCCC1COC(c2ccc(C=CC(F)(F)Oc3cc(F)c(F)c(F)c3)cc2)OC1. The van der Waals surface area contributed by atoms with E-state index in [9.17, 15) is 22.0 Å². The van der Waals surface area contributed by atoms with Crippen molar-refractivity contribution in [2.45, 2.75) is 32.2 Å². The molecule has 0 spiro atoms. The van der Waals surface area contributed by atoms with E-state index in [1.807, 2.05) is 0 Å². The van der Waals surface area contributed by atoms with Crippen LogP contribution in [0.4, 0.5) is 22.0 Å². The molecule has 3 rings (SSSR count). The Morgan fingerprint density at radius 1 is 1.03 bits per heavy atom. The summed E-state index contributed by atoms with van der Waals surface area (Å²) in [6, 6.07) is 7.31. The van der Waals surface area contributed by atoms with Gasteiger partial charge in [-0.2, -0.15) is 8.78 Å². The van der Waals surface area contributed by atoms with Crippen LogP contribution in [0.5, 0.6) is 5.75 Å². The highest BCUT2D eigenvalue weighted by atomic mass is 19.3. The second-order valence-electron chi connectivity index (χ2n) is 7.02. The molecule has 2 aromatic carbocycles. The first kappa shape index (κ1) is 22.2. The number of hydrogen-bond donors (Lipinski definition) is 0. The number of hydrogen-bond acceptors (Lipinski definition) is 3. The highest BCUT2D eigenvalue weighted by Crippen LogP contribution is 2.29. The topological polar surface area (TPSA) is 27.7 Å². The molecule has 0 N–H and O–H groups in total. The third-order valence-corrected chi connectivity index (χ3v) is 4.55. The molecule has 30 heavy (non-hydrogen) atoms. The van der Waals surface area contributed by atoms with E-state index in [0.29, 0.717) is 42.9 Å². The van der Waals surface area contributed by atoms with E-state index in [0.717, 1.165) is 24.5 Å².